The normalized spacial score (nSPS) is 22.1. The molecular formula is C16H20BrNO3. The molecule has 1 aliphatic heterocycles. The lowest BCUT2D eigenvalue weighted by atomic mass is 9.90. The topological polar surface area (TPSA) is 57.6 Å². The van der Waals surface area contributed by atoms with Gasteiger partial charge in [-0.1, -0.05) is 35.0 Å². The molecule has 1 fully saturated rings. The molecule has 1 aromatic carbocycles. The van der Waals surface area contributed by atoms with E-state index in [0.29, 0.717) is 32.4 Å². The zero-order valence-corrected chi connectivity index (χ0v) is 13.7. The summed E-state index contributed by atoms with van der Waals surface area (Å²) >= 11 is 3.38. The van der Waals surface area contributed by atoms with E-state index in [1.54, 1.807) is 4.90 Å². The number of halogens is 1. The highest BCUT2D eigenvalue weighted by Gasteiger charge is 2.31. The average Bonchev–Trinajstić information content (AvgIpc) is 2.45. The SMILES string of the molecule is CC1CC(C(=O)O)CN(C(=O)CCc2ccc(Br)cc2)C1. The van der Waals surface area contributed by atoms with Crippen LogP contribution in [0.3, 0.4) is 0 Å². The second-order valence-corrected chi connectivity index (χ2v) is 6.72. The first-order valence-electron chi connectivity index (χ1n) is 7.20. The molecule has 1 amide bonds. The summed E-state index contributed by atoms with van der Waals surface area (Å²) in [6.07, 6.45) is 1.78. The van der Waals surface area contributed by atoms with E-state index in [-0.39, 0.29) is 11.8 Å². The maximum Gasteiger partial charge on any atom is 0.308 e. The van der Waals surface area contributed by atoms with Crippen molar-refractivity contribution in [2.24, 2.45) is 11.8 Å². The highest BCUT2D eigenvalue weighted by molar-refractivity contribution is 9.10. The number of piperidine rings is 1. The number of carbonyl (C=O) groups excluding carboxylic acids is 1. The number of likely N-dealkylation sites (tertiary alicyclic amines) is 1. The predicted octanol–water partition coefficient (Wildman–Crippen LogP) is 2.95. The number of hydrogen-bond acceptors (Lipinski definition) is 2. The van der Waals surface area contributed by atoms with Crippen LogP contribution in [0.15, 0.2) is 28.7 Å². The van der Waals surface area contributed by atoms with Gasteiger partial charge in [0.05, 0.1) is 5.92 Å². The second-order valence-electron chi connectivity index (χ2n) is 5.80. The molecule has 114 valence electrons. The van der Waals surface area contributed by atoms with E-state index in [1.807, 2.05) is 31.2 Å². The van der Waals surface area contributed by atoms with Crippen LogP contribution >= 0.6 is 15.9 Å². The first kappa shape index (κ1) is 16.0. The van der Waals surface area contributed by atoms with Crippen LogP contribution in [0, 0.1) is 11.8 Å². The summed E-state index contributed by atoms with van der Waals surface area (Å²) in [7, 11) is 0. The van der Waals surface area contributed by atoms with E-state index < -0.39 is 11.9 Å². The molecule has 1 aromatic rings. The molecule has 5 heteroatoms. The Morgan fingerprint density at radius 3 is 2.57 bits per heavy atom. The first-order chi connectivity index (χ1) is 9.95. The summed E-state index contributed by atoms with van der Waals surface area (Å²) in [5.74, 6) is -0.926. The third kappa shape index (κ3) is 4.56. The Morgan fingerprint density at radius 1 is 1.29 bits per heavy atom. The average molecular weight is 354 g/mol. The summed E-state index contributed by atoms with van der Waals surface area (Å²) < 4.78 is 1.02. The van der Waals surface area contributed by atoms with Crippen LogP contribution < -0.4 is 0 Å². The van der Waals surface area contributed by atoms with Gasteiger partial charge in [0.25, 0.3) is 0 Å². The largest absolute Gasteiger partial charge is 0.481 e. The minimum atomic E-state index is -0.799. The minimum Gasteiger partial charge on any atom is -0.481 e. The Morgan fingerprint density at radius 2 is 1.95 bits per heavy atom. The Kier molecular flexibility index (Phi) is 5.39. The molecule has 21 heavy (non-hydrogen) atoms. The molecule has 0 aliphatic carbocycles. The molecule has 0 aromatic heterocycles. The van der Waals surface area contributed by atoms with Crippen LogP contribution in [0.4, 0.5) is 0 Å². The molecule has 4 nitrogen and oxygen atoms in total. The number of benzene rings is 1. The molecule has 0 radical (unpaired) electrons. The summed E-state index contributed by atoms with van der Waals surface area (Å²) in [6, 6.07) is 7.92. The Balaban J connectivity index is 1.90. The molecule has 0 bridgehead atoms. The minimum absolute atomic E-state index is 0.0516. The maximum absolute atomic E-state index is 12.3. The van der Waals surface area contributed by atoms with E-state index in [0.717, 1.165) is 10.0 Å². The van der Waals surface area contributed by atoms with E-state index >= 15 is 0 Å². The van der Waals surface area contributed by atoms with Crippen LogP contribution in [-0.2, 0) is 16.0 Å². The maximum atomic E-state index is 12.3. The molecule has 2 rings (SSSR count). The van der Waals surface area contributed by atoms with Crippen molar-refractivity contribution in [2.75, 3.05) is 13.1 Å². The van der Waals surface area contributed by atoms with E-state index in [9.17, 15) is 9.59 Å². The third-order valence-corrected chi connectivity index (χ3v) is 4.43. The quantitative estimate of drug-likeness (QED) is 0.905. The molecule has 1 N–H and O–H groups in total. The monoisotopic (exact) mass is 353 g/mol. The summed E-state index contributed by atoms with van der Waals surface area (Å²) in [5, 5.41) is 9.15. The van der Waals surface area contributed by atoms with Crippen molar-refractivity contribution in [2.45, 2.75) is 26.2 Å². The summed E-state index contributed by atoms with van der Waals surface area (Å²) in [4.78, 5) is 25.1. The second kappa shape index (κ2) is 7.07. The Labute approximate surface area is 133 Å². The van der Waals surface area contributed by atoms with Gasteiger partial charge in [-0.15, -0.1) is 0 Å². The van der Waals surface area contributed by atoms with Crippen molar-refractivity contribution in [3.8, 4) is 0 Å². The van der Waals surface area contributed by atoms with Gasteiger partial charge in [0.1, 0.15) is 0 Å². The molecule has 1 saturated heterocycles. The highest BCUT2D eigenvalue weighted by atomic mass is 79.9. The lowest BCUT2D eigenvalue weighted by molar-refractivity contribution is -0.146. The van der Waals surface area contributed by atoms with Crippen LogP contribution in [0.25, 0.3) is 0 Å². The number of amides is 1. The first-order valence-corrected chi connectivity index (χ1v) is 8.00. The van der Waals surface area contributed by atoms with Gasteiger partial charge >= 0.3 is 5.97 Å². The van der Waals surface area contributed by atoms with Crippen LogP contribution in [-0.4, -0.2) is 35.0 Å². The lowest BCUT2D eigenvalue weighted by Crippen LogP contribution is -2.45. The van der Waals surface area contributed by atoms with Crippen LogP contribution in [0.2, 0.25) is 0 Å². The van der Waals surface area contributed by atoms with Gasteiger partial charge in [-0.25, -0.2) is 0 Å². The van der Waals surface area contributed by atoms with E-state index in [1.165, 1.54) is 0 Å². The molecule has 0 saturated carbocycles. The van der Waals surface area contributed by atoms with Gasteiger partial charge in [0, 0.05) is 24.0 Å². The molecular weight excluding hydrogens is 334 g/mol. The Bertz CT molecular complexity index is 515. The predicted molar refractivity (Wildman–Crippen MR) is 83.9 cm³/mol. The molecule has 1 aliphatic rings. The van der Waals surface area contributed by atoms with Crippen LogP contribution in [0.5, 0.6) is 0 Å². The zero-order chi connectivity index (χ0) is 15.4. The number of aryl methyl sites for hydroxylation is 1. The van der Waals surface area contributed by atoms with Gasteiger partial charge in [-0.3, -0.25) is 9.59 Å². The standard InChI is InChI=1S/C16H20BrNO3/c1-11-8-13(16(20)21)10-18(9-11)15(19)7-4-12-2-5-14(17)6-3-12/h2-3,5-6,11,13H,4,7-10H2,1H3,(H,20,21). The van der Waals surface area contributed by atoms with Gasteiger partial charge in [0.2, 0.25) is 5.91 Å². The number of rotatable bonds is 4. The van der Waals surface area contributed by atoms with Crippen molar-refractivity contribution in [3.05, 3.63) is 34.3 Å². The van der Waals surface area contributed by atoms with Crippen molar-refractivity contribution < 1.29 is 14.7 Å². The van der Waals surface area contributed by atoms with Crippen molar-refractivity contribution >= 4 is 27.8 Å². The molecule has 2 atom stereocenters. The summed E-state index contributed by atoms with van der Waals surface area (Å²) in [6.45, 7) is 3.02. The van der Waals surface area contributed by atoms with E-state index in [4.69, 9.17) is 5.11 Å². The van der Waals surface area contributed by atoms with Gasteiger partial charge < -0.3 is 10.0 Å². The molecule has 1 heterocycles. The van der Waals surface area contributed by atoms with Gasteiger partial charge in [-0.05, 0) is 36.5 Å². The third-order valence-electron chi connectivity index (χ3n) is 3.90. The highest BCUT2D eigenvalue weighted by Crippen LogP contribution is 2.22. The van der Waals surface area contributed by atoms with Gasteiger partial charge in [0.15, 0.2) is 0 Å². The number of carboxylic acids is 1. The fourth-order valence-corrected chi connectivity index (χ4v) is 3.06. The fraction of sp³-hybridized carbons (Fsp3) is 0.500. The van der Waals surface area contributed by atoms with Crippen molar-refractivity contribution in [1.82, 2.24) is 4.90 Å². The molecule has 2 unspecified atom stereocenters. The summed E-state index contributed by atoms with van der Waals surface area (Å²) in [5.41, 5.74) is 1.12. The van der Waals surface area contributed by atoms with Gasteiger partial charge in [-0.2, -0.15) is 0 Å². The zero-order valence-electron chi connectivity index (χ0n) is 12.1. The fourth-order valence-electron chi connectivity index (χ4n) is 2.79. The number of carbonyl (C=O) groups is 2. The van der Waals surface area contributed by atoms with Crippen LogP contribution in [0.1, 0.15) is 25.3 Å². The lowest BCUT2D eigenvalue weighted by Gasteiger charge is -2.34. The Hall–Kier alpha value is -1.36. The van der Waals surface area contributed by atoms with E-state index in [2.05, 4.69) is 15.9 Å². The molecule has 0 spiro atoms. The number of aliphatic carboxylic acids is 1. The number of hydrogen-bond donors (Lipinski definition) is 1. The van der Waals surface area contributed by atoms with Crippen molar-refractivity contribution in [3.63, 3.8) is 0 Å². The number of nitrogens with zero attached hydrogens (tertiary/aromatic N) is 1. The smallest absolute Gasteiger partial charge is 0.308 e. The number of carboxylic acid groups (broad SMARTS) is 1. The van der Waals surface area contributed by atoms with Crippen molar-refractivity contribution in [1.29, 1.82) is 0 Å².